The summed E-state index contributed by atoms with van der Waals surface area (Å²) in [6, 6.07) is 4.66. The Kier molecular flexibility index (Phi) is 5.65. The second-order valence-electron chi connectivity index (χ2n) is 6.25. The summed E-state index contributed by atoms with van der Waals surface area (Å²) in [4.78, 5) is 16.0. The van der Waals surface area contributed by atoms with E-state index >= 15 is 0 Å². The molecule has 0 aliphatic heterocycles. The second-order valence-corrected chi connectivity index (χ2v) is 6.25. The maximum absolute atomic E-state index is 14.2. The van der Waals surface area contributed by atoms with Gasteiger partial charge in [-0.15, -0.1) is 0 Å². The lowest BCUT2D eigenvalue weighted by molar-refractivity contribution is 0.0452. The molecule has 7 heteroatoms. The van der Waals surface area contributed by atoms with Crippen LogP contribution < -0.4 is 10.6 Å². The molecule has 25 heavy (non-hydrogen) atoms. The molecule has 1 fully saturated rings. The lowest BCUT2D eigenvalue weighted by Gasteiger charge is -2.31. The molecule has 3 rings (SSSR count). The van der Waals surface area contributed by atoms with Gasteiger partial charge in [-0.2, -0.15) is 0 Å². The Balaban J connectivity index is 1.54. The number of carbonyl (C=O) groups is 1. The van der Waals surface area contributed by atoms with E-state index in [1.807, 2.05) is 0 Å². The van der Waals surface area contributed by atoms with Crippen molar-refractivity contribution in [3.63, 3.8) is 0 Å². The number of amides is 2. The SMILES string of the molecule is COC1CCCCC1NC(=O)NCc1ccc(-n2ccnc2)c(F)c1. The van der Waals surface area contributed by atoms with Crippen LogP contribution in [0.3, 0.4) is 0 Å². The summed E-state index contributed by atoms with van der Waals surface area (Å²) in [7, 11) is 1.67. The predicted molar refractivity (Wildman–Crippen MR) is 91.9 cm³/mol. The highest BCUT2D eigenvalue weighted by Crippen LogP contribution is 2.20. The van der Waals surface area contributed by atoms with Crippen molar-refractivity contribution < 1.29 is 13.9 Å². The first-order valence-corrected chi connectivity index (χ1v) is 8.51. The molecule has 0 radical (unpaired) electrons. The zero-order valence-electron chi connectivity index (χ0n) is 14.2. The van der Waals surface area contributed by atoms with Crippen LogP contribution in [0.15, 0.2) is 36.9 Å². The monoisotopic (exact) mass is 346 g/mol. The first kappa shape index (κ1) is 17.4. The number of nitrogens with one attached hydrogen (secondary N) is 2. The Hall–Kier alpha value is -2.41. The number of urea groups is 1. The quantitative estimate of drug-likeness (QED) is 0.875. The number of aromatic nitrogens is 2. The van der Waals surface area contributed by atoms with Crippen LogP contribution in [0.5, 0.6) is 0 Å². The van der Waals surface area contributed by atoms with E-state index in [9.17, 15) is 9.18 Å². The number of imidazole rings is 1. The van der Waals surface area contributed by atoms with Crippen molar-refractivity contribution in [3.8, 4) is 5.69 Å². The first-order valence-electron chi connectivity index (χ1n) is 8.51. The Bertz CT molecular complexity index is 705. The average molecular weight is 346 g/mol. The maximum atomic E-state index is 14.2. The van der Waals surface area contributed by atoms with Gasteiger partial charge in [-0.25, -0.2) is 14.2 Å². The molecule has 0 spiro atoms. The van der Waals surface area contributed by atoms with Gasteiger partial charge in [0.05, 0.1) is 24.2 Å². The van der Waals surface area contributed by atoms with Crippen molar-refractivity contribution in [2.24, 2.45) is 0 Å². The molecule has 2 atom stereocenters. The number of ether oxygens (including phenoxy) is 1. The summed E-state index contributed by atoms with van der Waals surface area (Å²) >= 11 is 0. The number of halogens is 1. The van der Waals surface area contributed by atoms with Gasteiger partial charge in [-0.1, -0.05) is 18.9 Å². The van der Waals surface area contributed by atoms with E-state index in [1.54, 1.807) is 42.5 Å². The van der Waals surface area contributed by atoms with Crippen molar-refractivity contribution in [1.82, 2.24) is 20.2 Å². The van der Waals surface area contributed by atoms with E-state index < -0.39 is 0 Å². The van der Waals surface area contributed by atoms with E-state index in [-0.39, 0.29) is 30.5 Å². The second kappa shape index (κ2) is 8.11. The number of benzene rings is 1. The van der Waals surface area contributed by atoms with E-state index in [2.05, 4.69) is 15.6 Å². The van der Waals surface area contributed by atoms with Gasteiger partial charge >= 0.3 is 6.03 Å². The molecular weight excluding hydrogens is 323 g/mol. The van der Waals surface area contributed by atoms with E-state index in [0.29, 0.717) is 11.3 Å². The minimum atomic E-state index is -0.357. The van der Waals surface area contributed by atoms with E-state index in [0.717, 1.165) is 25.7 Å². The lowest BCUT2D eigenvalue weighted by atomic mass is 9.92. The summed E-state index contributed by atoms with van der Waals surface area (Å²) in [6.07, 6.45) is 8.97. The van der Waals surface area contributed by atoms with Gasteiger partial charge in [-0.3, -0.25) is 0 Å². The molecule has 1 aromatic heterocycles. The molecule has 0 bridgehead atoms. The van der Waals surface area contributed by atoms with Gasteiger partial charge in [0, 0.05) is 26.0 Å². The molecular formula is C18H23FN4O2. The maximum Gasteiger partial charge on any atom is 0.315 e. The minimum Gasteiger partial charge on any atom is -0.379 e. The summed E-state index contributed by atoms with van der Waals surface area (Å²) in [6.45, 7) is 0.261. The zero-order valence-corrected chi connectivity index (χ0v) is 14.2. The van der Waals surface area contributed by atoms with Gasteiger partial charge in [0.15, 0.2) is 0 Å². The van der Waals surface area contributed by atoms with Crippen LogP contribution in [-0.4, -0.2) is 34.8 Å². The number of methoxy groups -OCH3 is 1. The Morgan fingerprint density at radius 1 is 1.40 bits per heavy atom. The van der Waals surface area contributed by atoms with Crippen LogP contribution in [0.2, 0.25) is 0 Å². The van der Waals surface area contributed by atoms with Crippen LogP contribution in [0.25, 0.3) is 5.69 Å². The topological polar surface area (TPSA) is 68.2 Å². The summed E-state index contributed by atoms with van der Waals surface area (Å²) < 4.78 is 21.3. The minimum absolute atomic E-state index is 0.0269. The van der Waals surface area contributed by atoms with E-state index in [4.69, 9.17) is 4.74 Å². The molecule has 134 valence electrons. The third kappa shape index (κ3) is 4.36. The van der Waals surface area contributed by atoms with Crippen LogP contribution >= 0.6 is 0 Å². The molecule has 2 unspecified atom stereocenters. The van der Waals surface area contributed by atoms with Crippen molar-refractivity contribution in [1.29, 1.82) is 0 Å². The van der Waals surface area contributed by atoms with Crippen molar-refractivity contribution in [3.05, 3.63) is 48.3 Å². The smallest absolute Gasteiger partial charge is 0.315 e. The Morgan fingerprint density at radius 3 is 2.96 bits per heavy atom. The fourth-order valence-corrected chi connectivity index (χ4v) is 3.22. The van der Waals surface area contributed by atoms with Gasteiger partial charge in [0.25, 0.3) is 0 Å². The zero-order chi connectivity index (χ0) is 17.6. The predicted octanol–water partition coefficient (Wildman–Crippen LogP) is 2.77. The average Bonchev–Trinajstić information content (AvgIpc) is 3.15. The third-order valence-electron chi connectivity index (χ3n) is 4.57. The van der Waals surface area contributed by atoms with Crippen molar-refractivity contribution in [2.75, 3.05) is 7.11 Å². The number of nitrogens with zero attached hydrogens (tertiary/aromatic N) is 2. The highest BCUT2D eigenvalue weighted by atomic mass is 19.1. The molecule has 1 aliphatic carbocycles. The van der Waals surface area contributed by atoms with Gasteiger partial charge in [0.2, 0.25) is 0 Å². The summed E-state index contributed by atoms with van der Waals surface area (Å²) in [5.74, 6) is -0.357. The highest BCUT2D eigenvalue weighted by Gasteiger charge is 2.26. The molecule has 2 N–H and O–H groups in total. The van der Waals surface area contributed by atoms with Crippen molar-refractivity contribution >= 4 is 6.03 Å². The van der Waals surface area contributed by atoms with E-state index in [1.165, 1.54) is 6.07 Å². The Morgan fingerprint density at radius 2 is 2.24 bits per heavy atom. The number of hydrogen-bond donors (Lipinski definition) is 2. The van der Waals surface area contributed by atoms with Crippen LogP contribution in [0.4, 0.5) is 9.18 Å². The van der Waals surface area contributed by atoms with Gasteiger partial charge in [0.1, 0.15) is 5.82 Å². The fraction of sp³-hybridized carbons (Fsp3) is 0.444. The molecule has 1 aliphatic rings. The van der Waals surface area contributed by atoms with Crippen molar-refractivity contribution in [2.45, 2.75) is 44.4 Å². The molecule has 0 saturated heterocycles. The highest BCUT2D eigenvalue weighted by molar-refractivity contribution is 5.74. The molecule has 1 heterocycles. The lowest BCUT2D eigenvalue weighted by Crippen LogP contribution is -2.49. The molecule has 6 nitrogen and oxygen atoms in total. The van der Waals surface area contributed by atoms with Crippen LogP contribution in [0, 0.1) is 5.82 Å². The fourth-order valence-electron chi connectivity index (χ4n) is 3.22. The first-order chi connectivity index (χ1) is 12.2. The summed E-state index contributed by atoms with van der Waals surface area (Å²) in [5.41, 5.74) is 1.12. The Labute approximate surface area is 146 Å². The van der Waals surface area contributed by atoms with Gasteiger partial charge in [-0.05, 0) is 30.5 Å². The molecule has 2 amide bonds. The third-order valence-corrected chi connectivity index (χ3v) is 4.57. The van der Waals surface area contributed by atoms with Gasteiger partial charge < -0.3 is 19.9 Å². The number of rotatable bonds is 5. The summed E-state index contributed by atoms with van der Waals surface area (Å²) in [5, 5.41) is 5.74. The molecule has 1 aromatic carbocycles. The number of hydrogen-bond acceptors (Lipinski definition) is 3. The molecule has 1 saturated carbocycles. The van der Waals surface area contributed by atoms with Crippen LogP contribution in [-0.2, 0) is 11.3 Å². The number of carbonyl (C=O) groups excluding carboxylic acids is 1. The standard InChI is InChI=1S/C18H23FN4O2/c1-25-17-5-3-2-4-15(17)22-18(24)21-11-13-6-7-16(14(19)10-13)23-9-8-20-12-23/h6-10,12,15,17H,2-5,11H2,1H3,(H2,21,22,24). The normalized spacial score (nSPS) is 20.2. The largest absolute Gasteiger partial charge is 0.379 e. The molecule has 2 aromatic rings. The van der Waals surface area contributed by atoms with Crippen LogP contribution in [0.1, 0.15) is 31.2 Å².